The maximum absolute atomic E-state index is 12.8. The topological polar surface area (TPSA) is 80.3 Å². The third-order valence-corrected chi connectivity index (χ3v) is 4.44. The molecule has 0 aliphatic heterocycles. The van der Waals surface area contributed by atoms with Crippen LogP contribution in [0.15, 0.2) is 67.0 Å². The fourth-order valence-corrected chi connectivity index (χ4v) is 2.98. The number of nitrogens with zero attached hydrogens (tertiary/aromatic N) is 1. The van der Waals surface area contributed by atoms with Crippen molar-refractivity contribution in [2.75, 3.05) is 17.7 Å². The molecule has 0 aliphatic carbocycles. The van der Waals surface area contributed by atoms with Gasteiger partial charge in [0, 0.05) is 11.9 Å². The van der Waals surface area contributed by atoms with E-state index in [1.54, 1.807) is 30.5 Å². The van der Waals surface area contributed by atoms with Crippen LogP contribution in [0.2, 0.25) is 0 Å². The minimum atomic E-state index is -0.444. The molecule has 6 nitrogen and oxygen atoms in total. The molecule has 0 aliphatic rings. The standard InChI is InChI=1S/C23H23N3O3/c1-15(2)18-8-4-6-10-20(18)26-22(27)16-12-17(14-24-13-16)25-21-11-7-5-9-19(21)23(28)29-3/h4-15,25H,1-3H3,(H,26,27). The van der Waals surface area contributed by atoms with Crippen LogP contribution < -0.4 is 10.6 Å². The molecule has 2 aromatic carbocycles. The summed E-state index contributed by atoms with van der Waals surface area (Å²) in [5, 5.41) is 6.09. The second-order valence-electron chi connectivity index (χ2n) is 6.82. The molecule has 1 amide bonds. The van der Waals surface area contributed by atoms with Crippen LogP contribution in [-0.4, -0.2) is 24.0 Å². The van der Waals surface area contributed by atoms with Gasteiger partial charge in [0.1, 0.15) is 0 Å². The summed E-state index contributed by atoms with van der Waals surface area (Å²) in [6, 6.07) is 16.4. The first-order valence-electron chi connectivity index (χ1n) is 9.29. The Morgan fingerprint density at radius 2 is 1.66 bits per heavy atom. The number of anilines is 3. The monoisotopic (exact) mass is 389 g/mol. The summed E-state index contributed by atoms with van der Waals surface area (Å²) < 4.78 is 4.81. The van der Waals surface area contributed by atoms with Crippen molar-refractivity contribution in [3.8, 4) is 0 Å². The van der Waals surface area contributed by atoms with Gasteiger partial charge in [-0.25, -0.2) is 4.79 Å². The quantitative estimate of drug-likeness (QED) is 0.581. The van der Waals surface area contributed by atoms with Crippen LogP contribution >= 0.6 is 0 Å². The van der Waals surface area contributed by atoms with Gasteiger partial charge in [-0.1, -0.05) is 44.2 Å². The molecule has 0 fully saturated rings. The average molecular weight is 389 g/mol. The first-order valence-corrected chi connectivity index (χ1v) is 9.29. The van der Waals surface area contributed by atoms with E-state index in [9.17, 15) is 9.59 Å². The largest absolute Gasteiger partial charge is 0.465 e. The molecule has 3 aromatic rings. The normalized spacial score (nSPS) is 10.5. The summed E-state index contributed by atoms with van der Waals surface area (Å²) in [7, 11) is 1.33. The number of carbonyl (C=O) groups is 2. The zero-order valence-electron chi connectivity index (χ0n) is 16.6. The number of nitrogens with one attached hydrogen (secondary N) is 2. The van der Waals surface area contributed by atoms with Crippen molar-refractivity contribution >= 4 is 28.9 Å². The van der Waals surface area contributed by atoms with Gasteiger partial charge in [-0.05, 0) is 35.7 Å². The molecule has 0 saturated carbocycles. The van der Waals surface area contributed by atoms with Gasteiger partial charge in [-0.2, -0.15) is 0 Å². The minimum Gasteiger partial charge on any atom is -0.465 e. The van der Waals surface area contributed by atoms with Crippen molar-refractivity contribution in [2.24, 2.45) is 0 Å². The van der Waals surface area contributed by atoms with Gasteiger partial charge < -0.3 is 15.4 Å². The van der Waals surface area contributed by atoms with E-state index in [0.29, 0.717) is 22.5 Å². The van der Waals surface area contributed by atoms with Gasteiger partial charge in [0.15, 0.2) is 0 Å². The average Bonchev–Trinajstić information content (AvgIpc) is 2.74. The number of amides is 1. The highest BCUT2D eigenvalue weighted by Gasteiger charge is 2.14. The Morgan fingerprint density at radius 1 is 0.966 bits per heavy atom. The van der Waals surface area contributed by atoms with E-state index < -0.39 is 5.97 Å². The predicted octanol–water partition coefficient (Wildman–Crippen LogP) is 4.99. The number of pyridine rings is 1. The van der Waals surface area contributed by atoms with Gasteiger partial charge >= 0.3 is 5.97 Å². The van der Waals surface area contributed by atoms with Crippen molar-refractivity contribution in [1.82, 2.24) is 4.98 Å². The molecule has 0 saturated heterocycles. The summed E-state index contributed by atoms with van der Waals surface area (Å²) in [4.78, 5) is 28.9. The molecule has 0 radical (unpaired) electrons. The maximum atomic E-state index is 12.8. The lowest BCUT2D eigenvalue weighted by Gasteiger charge is -2.14. The van der Waals surface area contributed by atoms with Crippen LogP contribution in [0.25, 0.3) is 0 Å². The molecule has 0 atom stereocenters. The fourth-order valence-electron chi connectivity index (χ4n) is 2.98. The minimum absolute atomic E-state index is 0.254. The van der Waals surface area contributed by atoms with E-state index in [4.69, 9.17) is 4.74 Å². The van der Waals surface area contributed by atoms with E-state index in [2.05, 4.69) is 29.5 Å². The molecular formula is C23H23N3O3. The van der Waals surface area contributed by atoms with Crippen molar-refractivity contribution < 1.29 is 14.3 Å². The number of carbonyl (C=O) groups excluding carboxylic acids is 2. The summed E-state index contributed by atoms with van der Waals surface area (Å²) in [5.74, 6) is -0.414. The molecular weight excluding hydrogens is 366 g/mol. The van der Waals surface area contributed by atoms with E-state index >= 15 is 0 Å². The van der Waals surface area contributed by atoms with Crippen LogP contribution in [-0.2, 0) is 4.74 Å². The third kappa shape index (κ3) is 4.79. The molecule has 0 unspecified atom stereocenters. The molecule has 148 valence electrons. The van der Waals surface area contributed by atoms with Crippen LogP contribution in [0.1, 0.15) is 46.0 Å². The number of ether oxygens (including phenoxy) is 1. The molecule has 1 heterocycles. The number of rotatable bonds is 6. The first kappa shape index (κ1) is 20.1. The summed E-state index contributed by atoms with van der Waals surface area (Å²) in [5.41, 5.74) is 3.81. The number of benzene rings is 2. The Bertz CT molecular complexity index is 1030. The lowest BCUT2D eigenvalue weighted by Crippen LogP contribution is -2.14. The summed E-state index contributed by atoms with van der Waals surface area (Å²) in [6.07, 6.45) is 3.09. The van der Waals surface area contributed by atoms with Crippen LogP contribution in [0.3, 0.4) is 0 Å². The third-order valence-electron chi connectivity index (χ3n) is 4.44. The highest BCUT2D eigenvalue weighted by atomic mass is 16.5. The number of aromatic nitrogens is 1. The van der Waals surface area contributed by atoms with Crippen LogP contribution in [0, 0.1) is 0 Å². The zero-order valence-corrected chi connectivity index (χ0v) is 16.6. The predicted molar refractivity (Wildman–Crippen MR) is 114 cm³/mol. The Balaban J connectivity index is 1.82. The molecule has 0 bridgehead atoms. The SMILES string of the molecule is COC(=O)c1ccccc1Nc1cncc(C(=O)Nc2ccccc2C(C)C)c1. The van der Waals surface area contributed by atoms with Crippen LogP contribution in [0.5, 0.6) is 0 Å². The van der Waals surface area contributed by atoms with E-state index in [-0.39, 0.29) is 11.8 Å². The number of hydrogen-bond donors (Lipinski definition) is 2. The zero-order chi connectivity index (χ0) is 20.8. The van der Waals surface area contributed by atoms with Gasteiger partial charge in [0.25, 0.3) is 5.91 Å². The lowest BCUT2D eigenvalue weighted by atomic mass is 10.0. The highest BCUT2D eigenvalue weighted by Crippen LogP contribution is 2.25. The van der Waals surface area contributed by atoms with Gasteiger partial charge in [0.05, 0.1) is 35.8 Å². The molecule has 1 aromatic heterocycles. The first-order chi connectivity index (χ1) is 14.0. The number of para-hydroxylation sites is 2. The molecule has 2 N–H and O–H groups in total. The van der Waals surface area contributed by atoms with Crippen molar-refractivity contribution in [3.63, 3.8) is 0 Å². The fraction of sp³-hybridized carbons (Fsp3) is 0.174. The molecule has 29 heavy (non-hydrogen) atoms. The van der Waals surface area contributed by atoms with Crippen molar-refractivity contribution in [2.45, 2.75) is 19.8 Å². The number of esters is 1. The second-order valence-corrected chi connectivity index (χ2v) is 6.82. The Morgan fingerprint density at radius 3 is 2.38 bits per heavy atom. The maximum Gasteiger partial charge on any atom is 0.339 e. The van der Waals surface area contributed by atoms with Crippen molar-refractivity contribution in [3.05, 3.63) is 83.7 Å². The van der Waals surface area contributed by atoms with Gasteiger partial charge in [-0.15, -0.1) is 0 Å². The van der Waals surface area contributed by atoms with Gasteiger partial charge in [-0.3, -0.25) is 9.78 Å². The second kappa shape index (κ2) is 9.01. The number of hydrogen-bond acceptors (Lipinski definition) is 5. The van der Waals surface area contributed by atoms with Gasteiger partial charge in [0.2, 0.25) is 0 Å². The number of methoxy groups -OCH3 is 1. The van der Waals surface area contributed by atoms with E-state index in [1.165, 1.54) is 13.3 Å². The van der Waals surface area contributed by atoms with Crippen molar-refractivity contribution in [1.29, 1.82) is 0 Å². The summed E-state index contributed by atoms with van der Waals surface area (Å²) >= 11 is 0. The van der Waals surface area contributed by atoms with E-state index in [1.807, 2.05) is 30.3 Å². The smallest absolute Gasteiger partial charge is 0.339 e. The Kier molecular flexibility index (Phi) is 6.24. The Labute approximate surface area is 169 Å². The highest BCUT2D eigenvalue weighted by molar-refractivity contribution is 6.05. The molecule has 0 spiro atoms. The lowest BCUT2D eigenvalue weighted by molar-refractivity contribution is 0.0601. The molecule has 3 rings (SSSR count). The van der Waals surface area contributed by atoms with Crippen LogP contribution in [0.4, 0.5) is 17.1 Å². The Hall–Kier alpha value is -3.67. The van der Waals surface area contributed by atoms with E-state index in [0.717, 1.165) is 11.3 Å². The molecule has 6 heteroatoms. The summed E-state index contributed by atoms with van der Waals surface area (Å²) in [6.45, 7) is 4.16.